The SMILES string of the molecule is COc1cc(N2CC3(C[C@H](OCc4cccc(C)n4)CS3)C2)ncn1. The van der Waals surface area contributed by atoms with E-state index in [0.29, 0.717) is 23.3 Å². The molecule has 0 bridgehead atoms. The summed E-state index contributed by atoms with van der Waals surface area (Å²) >= 11 is 2.02. The first-order valence-electron chi connectivity index (χ1n) is 8.45. The van der Waals surface area contributed by atoms with E-state index in [-0.39, 0.29) is 0 Å². The van der Waals surface area contributed by atoms with Gasteiger partial charge in [0.15, 0.2) is 0 Å². The number of ether oxygens (including phenoxy) is 2. The second kappa shape index (κ2) is 6.80. The fraction of sp³-hybridized carbons (Fsp3) is 0.500. The molecule has 0 unspecified atom stereocenters. The molecule has 6 nitrogen and oxygen atoms in total. The molecule has 0 amide bonds. The van der Waals surface area contributed by atoms with Crippen molar-refractivity contribution >= 4 is 17.6 Å². The maximum absolute atomic E-state index is 6.11. The van der Waals surface area contributed by atoms with E-state index in [9.17, 15) is 0 Å². The summed E-state index contributed by atoms with van der Waals surface area (Å²) in [5.74, 6) is 2.59. The Kier molecular flexibility index (Phi) is 4.52. The molecule has 1 spiro atoms. The molecule has 2 fully saturated rings. The second-order valence-corrected chi connectivity index (χ2v) is 8.16. The zero-order valence-corrected chi connectivity index (χ0v) is 15.3. The zero-order chi connectivity index (χ0) is 17.3. The van der Waals surface area contributed by atoms with Crippen LogP contribution in [0.3, 0.4) is 0 Å². The normalized spacial score (nSPS) is 21.4. The first-order valence-corrected chi connectivity index (χ1v) is 9.43. The minimum atomic E-state index is 0.295. The molecule has 25 heavy (non-hydrogen) atoms. The summed E-state index contributed by atoms with van der Waals surface area (Å²) in [6.07, 6.45) is 2.94. The Morgan fingerprint density at radius 3 is 3.00 bits per heavy atom. The van der Waals surface area contributed by atoms with Gasteiger partial charge in [-0.1, -0.05) is 6.07 Å². The highest BCUT2D eigenvalue weighted by Gasteiger charge is 2.49. The standard InChI is InChI=1S/C18H22N4O2S/c1-13-4-3-5-14(21-13)8-24-15-7-18(25-9-15)10-22(11-18)16-6-17(23-2)20-12-19-16/h3-6,12,15H,7-11H2,1-2H3/t15-/m0/s1. The van der Waals surface area contributed by atoms with Crippen LogP contribution in [0.25, 0.3) is 0 Å². The summed E-state index contributed by atoms with van der Waals surface area (Å²) in [5, 5.41) is 0. The molecule has 4 heterocycles. The van der Waals surface area contributed by atoms with Crippen molar-refractivity contribution in [2.24, 2.45) is 0 Å². The van der Waals surface area contributed by atoms with Gasteiger partial charge in [-0.2, -0.15) is 0 Å². The molecule has 2 aliphatic rings. The van der Waals surface area contributed by atoms with Crippen molar-refractivity contribution in [3.63, 3.8) is 0 Å². The van der Waals surface area contributed by atoms with Crippen molar-refractivity contribution in [2.45, 2.75) is 30.8 Å². The second-order valence-electron chi connectivity index (χ2n) is 6.68. The Morgan fingerprint density at radius 1 is 1.32 bits per heavy atom. The van der Waals surface area contributed by atoms with Crippen molar-refractivity contribution in [1.82, 2.24) is 15.0 Å². The topological polar surface area (TPSA) is 60.4 Å². The summed E-state index contributed by atoms with van der Waals surface area (Å²) in [6.45, 7) is 4.60. The van der Waals surface area contributed by atoms with Gasteiger partial charge in [0.25, 0.3) is 0 Å². The molecule has 1 atom stereocenters. The summed E-state index contributed by atoms with van der Waals surface area (Å²) < 4.78 is 11.6. The average molecular weight is 358 g/mol. The number of methoxy groups -OCH3 is 1. The van der Waals surface area contributed by atoms with E-state index in [0.717, 1.165) is 42.5 Å². The highest BCUT2D eigenvalue weighted by molar-refractivity contribution is 8.01. The van der Waals surface area contributed by atoms with E-state index in [2.05, 4.69) is 19.9 Å². The first kappa shape index (κ1) is 16.6. The predicted octanol–water partition coefficient (Wildman–Crippen LogP) is 2.47. The van der Waals surface area contributed by atoms with Gasteiger partial charge in [-0.25, -0.2) is 9.97 Å². The Morgan fingerprint density at radius 2 is 2.20 bits per heavy atom. The van der Waals surface area contributed by atoms with Crippen LogP contribution in [-0.4, -0.2) is 51.8 Å². The Balaban J connectivity index is 1.30. The number of hydrogen-bond acceptors (Lipinski definition) is 7. The zero-order valence-electron chi connectivity index (χ0n) is 14.5. The Hall–Kier alpha value is -1.86. The van der Waals surface area contributed by atoms with Crippen molar-refractivity contribution < 1.29 is 9.47 Å². The third kappa shape index (κ3) is 3.57. The number of aryl methyl sites for hydroxylation is 1. The number of anilines is 1. The molecule has 0 saturated carbocycles. The molecular formula is C18H22N4O2S. The van der Waals surface area contributed by atoms with Crippen LogP contribution in [0.2, 0.25) is 0 Å². The van der Waals surface area contributed by atoms with Gasteiger partial charge in [0, 0.05) is 30.6 Å². The molecule has 2 aromatic rings. The van der Waals surface area contributed by atoms with E-state index in [1.54, 1.807) is 13.4 Å². The maximum atomic E-state index is 6.11. The van der Waals surface area contributed by atoms with Gasteiger partial charge in [0.2, 0.25) is 5.88 Å². The minimum Gasteiger partial charge on any atom is -0.481 e. The van der Waals surface area contributed by atoms with Crippen LogP contribution in [0.1, 0.15) is 17.8 Å². The van der Waals surface area contributed by atoms with E-state index >= 15 is 0 Å². The molecular weight excluding hydrogens is 336 g/mol. The fourth-order valence-electron chi connectivity index (χ4n) is 3.44. The Labute approximate surface area is 152 Å². The van der Waals surface area contributed by atoms with Gasteiger partial charge in [-0.15, -0.1) is 11.8 Å². The summed E-state index contributed by atoms with van der Waals surface area (Å²) in [4.78, 5) is 15.2. The molecule has 2 aromatic heterocycles. The third-order valence-electron chi connectivity index (χ3n) is 4.71. The van der Waals surface area contributed by atoms with Crippen LogP contribution in [0.15, 0.2) is 30.6 Å². The lowest BCUT2D eigenvalue weighted by Crippen LogP contribution is -2.59. The van der Waals surface area contributed by atoms with Crippen LogP contribution in [0, 0.1) is 6.92 Å². The van der Waals surface area contributed by atoms with Gasteiger partial charge in [-0.3, -0.25) is 4.98 Å². The fourth-order valence-corrected chi connectivity index (χ4v) is 4.99. The van der Waals surface area contributed by atoms with Gasteiger partial charge >= 0.3 is 0 Å². The van der Waals surface area contributed by atoms with Gasteiger partial charge in [-0.05, 0) is 25.5 Å². The van der Waals surface area contributed by atoms with E-state index < -0.39 is 0 Å². The number of thioether (sulfide) groups is 1. The summed E-state index contributed by atoms with van der Waals surface area (Å²) in [7, 11) is 1.63. The summed E-state index contributed by atoms with van der Waals surface area (Å²) in [5.41, 5.74) is 2.04. The number of pyridine rings is 1. The monoisotopic (exact) mass is 358 g/mol. The summed E-state index contributed by atoms with van der Waals surface area (Å²) in [6, 6.07) is 7.96. The Bertz CT molecular complexity index is 751. The third-order valence-corrected chi connectivity index (χ3v) is 6.28. The first-order chi connectivity index (χ1) is 12.2. The van der Waals surface area contributed by atoms with Gasteiger partial charge < -0.3 is 14.4 Å². The quantitative estimate of drug-likeness (QED) is 0.814. The van der Waals surface area contributed by atoms with Crippen LogP contribution in [0.4, 0.5) is 5.82 Å². The molecule has 0 N–H and O–H groups in total. The van der Waals surface area contributed by atoms with E-state index in [1.165, 1.54) is 0 Å². The van der Waals surface area contributed by atoms with Crippen LogP contribution < -0.4 is 9.64 Å². The van der Waals surface area contributed by atoms with Crippen molar-refractivity contribution in [2.75, 3.05) is 30.9 Å². The lowest BCUT2D eigenvalue weighted by atomic mass is 9.93. The molecule has 0 radical (unpaired) electrons. The molecule has 7 heteroatoms. The highest BCUT2D eigenvalue weighted by atomic mass is 32.2. The van der Waals surface area contributed by atoms with Crippen molar-refractivity contribution in [3.8, 4) is 5.88 Å². The molecule has 2 aliphatic heterocycles. The minimum absolute atomic E-state index is 0.295. The maximum Gasteiger partial charge on any atom is 0.218 e. The van der Waals surface area contributed by atoms with E-state index in [1.807, 2.05) is 43.0 Å². The molecule has 132 valence electrons. The van der Waals surface area contributed by atoms with Gasteiger partial charge in [0.1, 0.15) is 12.1 Å². The smallest absolute Gasteiger partial charge is 0.218 e. The van der Waals surface area contributed by atoms with E-state index in [4.69, 9.17) is 9.47 Å². The number of aromatic nitrogens is 3. The molecule has 0 aliphatic carbocycles. The van der Waals surface area contributed by atoms with Crippen molar-refractivity contribution in [1.29, 1.82) is 0 Å². The predicted molar refractivity (Wildman–Crippen MR) is 98.2 cm³/mol. The van der Waals surface area contributed by atoms with Gasteiger partial charge in [0.05, 0.1) is 30.3 Å². The lowest BCUT2D eigenvalue weighted by molar-refractivity contribution is 0.0458. The number of rotatable bonds is 5. The lowest BCUT2D eigenvalue weighted by Gasteiger charge is -2.48. The highest BCUT2D eigenvalue weighted by Crippen LogP contribution is 2.47. The molecule has 4 rings (SSSR count). The van der Waals surface area contributed by atoms with Crippen LogP contribution in [-0.2, 0) is 11.3 Å². The van der Waals surface area contributed by atoms with Crippen LogP contribution >= 0.6 is 11.8 Å². The number of hydrogen-bond donors (Lipinski definition) is 0. The van der Waals surface area contributed by atoms with Crippen LogP contribution in [0.5, 0.6) is 5.88 Å². The number of nitrogens with zero attached hydrogens (tertiary/aromatic N) is 4. The molecule has 0 aromatic carbocycles. The van der Waals surface area contributed by atoms with Crippen molar-refractivity contribution in [3.05, 3.63) is 42.0 Å². The average Bonchev–Trinajstić information content (AvgIpc) is 3.03. The molecule has 2 saturated heterocycles. The largest absolute Gasteiger partial charge is 0.481 e.